The summed E-state index contributed by atoms with van der Waals surface area (Å²) < 4.78 is 0. The summed E-state index contributed by atoms with van der Waals surface area (Å²) >= 11 is 5.93. The summed E-state index contributed by atoms with van der Waals surface area (Å²) in [7, 11) is 2.10. The molecule has 0 amide bonds. The maximum absolute atomic E-state index is 5.93. The first kappa shape index (κ1) is 14.3. The van der Waals surface area contributed by atoms with Crippen LogP contribution in [0.1, 0.15) is 44.4 Å². The van der Waals surface area contributed by atoms with Crippen molar-refractivity contribution in [3.63, 3.8) is 0 Å². The molecule has 17 heavy (non-hydrogen) atoms. The van der Waals surface area contributed by atoms with Crippen LogP contribution in [0.3, 0.4) is 0 Å². The standard InChI is InChI=1S/C14H23ClN2/c1-4-6-8-17(3)14-10-12(11-15)9-13(16-14)7-5-2/h9-10H,4-8,11H2,1-3H3. The Labute approximate surface area is 110 Å². The van der Waals surface area contributed by atoms with Crippen molar-refractivity contribution in [2.45, 2.75) is 45.4 Å². The average Bonchev–Trinajstić information content (AvgIpc) is 2.35. The highest BCUT2D eigenvalue weighted by atomic mass is 35.5. The lowest BCUT2D eigenvalue weighted by Gasteiger charge is -2.19. The predicted octanol–water partition coefficient (Wildman–Crippen LogP) is 4.01. The third kappa shape index (κ3) is 4.55. The molecule has 0 spiro atoms. The molecule has 96 valence electrons. The van der Waals surface area contributed by atoms with Crippen LogP contribution < -0.4 is 4.90 Å². The van der Waals surface area contributed by atoms with Gasteiger partial charge in [-0.2, -0.15) is 0 Å². The van der Waals surface area contributed by atoms with Crippen LogP contribution in [0.15, 0.2) is 12.1 Å². The van der Waals surface area contributed by atoms with E-state index in [1.54, 1.807) is 0 Å². The Balaban J connectivity index is 2.85. The van der Waals surface area contributed by atoms with Crippen LogP contribution in [0.2, 0.25) is 0 Å². The van der Waals surface area contributed by atoms with Gasteiger partial charge in [-0.15, -0.1) is 11.6 Å². The first-order valence-corrected chi connectivity index (χ1v) is 7.01. The summed E-state index contributed by atoms with van der Waals surface area (Å²) in [5.41, 5.74) is 2.33. The van der Waals surface area contributed by atoms with Crippen LogP contribution in [-0.2, 0) is 12.3 Å². The lowest BCUT2D eigenvalue weighted by molar-refractivity contribution is 0.754. The van der Waals surface area contributed by atoms with Gasteiger partial charge in [0.15, 0.2) is 0 Å². The average molecular weight is 255 g/mol. The van der Waals surface area contributed by atoms with Gasteiger partial charge in [-0.1, -0.05) is 26.7 Å². The zero-order chi connectivity index (χ0) is 12.7. The molecule has 0 aliphatic heterocycles. The Morgan fingerprint density at radius 2 is 2.00 bits per heavy atom. The van der Waals surface area contributed by atoms with Gasteiger partial charge in [0.2, 0.25) is 0 Å². The van der Waals surface area contributed by atoms with Crippen molar-refractivity contribution in [1.29, 1.82) is 0 Å². The first-order chi connectivity index (χ1) is 8.21. The second-order valence-electron chi connectivity index (χ2n) is 4.48. The highest BCUT2D eigenvalue weighted by Gasteiger charge is 2.06. The highest BCUT2D eigenvalue weighted by molar-refractivity contribution is 6.17. The fraction of sp³-hybridized carbons (Fsp3) is 0.643. The summed E-state index contributed by atoms with van der Waals surface area (Å²) in [6.07, 6.45) is 4.56. The molecule has 0 saturated heterocycles. The molecule has 0 radical (unpaired) electrons. The summed E-state index contributed by atoms with van der Waals surface area (Å²) in [5, 5.41) is 0. The molecule has 1 rings (SSSR count). The molecule has 0 aromatic carbocycles. The van der Waals surface area contributed by atoms with E-state index in [0.717, 1.165) is 30.9 Å². The molecule has 0 aliphatic rings. The highest BCUT2D eigenvalue weighted by Crippen LogP contribution is 2.17. The monoisotopic (exact) mass is 254 g/mol. The number of pyridine rings is 1. The molecule has 0 aliphatic carbocycles. The lowest BCUT2D eigenvalue weighted by Crippen LogP contribution is -2.20. The van der Waals surface area contributed by atoms with E-state index in [9.17, 15) is 0 Å². The molecule has 1 aromatic heterocycles. The van der Waals surface area contributed by atoms with Gasteiger partial charge in [-0.3, -0.25) is 0 Å². The molecule has 0 fully saturated rings. The second-order valence-corrected chi connectivity index (χ2v) is 4.75. The molecule has 3 heteroatoms. The van der Waals surface area contributed by atoms with Crippen molar-refractivity contribution in [3.05, 3.63) is 23.4 Å². The minimum atomic E-state index is 0.563. The molecular formula is C14H23ClN2. The van der Waals surface area contributed by atoms with Crippen LogP contribution in [-0.4, -0.2) is 18.6 Å². The molecule has 2 nitrogen and oxygen atoms in total. The predicted molar refractivity (Wildman–Crippen MR) is 76.0 cm³/mol. The maximum Gasteiger partial charge on any atom is 0.128 e. The summed E-state index contributed by atoms with van der Waals surface area (Å²) in [6.45, 7) is 5.44. The number of hydrogen-bond acceptors (Lipinski definition) is 2. The number of unbranched alkanes of at least 4 members (excludes halogenated alkanes) is 1. The van der Waals surface area contributed by atoms with E-state index in [1.165, 1.54) is 18.4 Å². The van der Waals surface area contributed by atoms with Gasteiger partial charge in [0, 0.05) is 25.2 Å². The Hall–Kier alpha value is -0.760. The van der Waals surface area contributed by atoms with Crippen molar-refractivity contribution in [2.24, 2.45) is 0 Å². The lowest BCUT2D eigenvalue weighted by atomic mass is 10.1. The van der Waals surface area contributed by atoms with Crippen LogP contribution in [0.4, 0.5) is 5.82 Å². The maximum atomic E-state index is 5.93. The van der Waals surface area contributed by atoms with Crippen molar-refractivity contribution in [3.8, 4) is 0 Å². The molecule has 0 atom stereocenters. The number of alkyl halides is 1. The van der Waals surface area contributed by atoms with Gasteiger partial charge in [-0.25, -0.2) is 4.98 Å². The van der Waals surface area contributed by atoms with Crippen molar-refractivity contribution >= 4 is 17.4 Å². The Kier molecular flexibility index (Phi) is 6.35. The zero-order valence-electron chi connectivity index (χ0n) is 11.2. The van der Waals surface area contributed by atoms with Crippen molar-refractivity contribution in [1.82, 2.24) is 4.98 Å². The van der Waals surface area contributed by atoms with E-state index in [4.69, 9.17) is 16.6 Å². The normalized spacial score (nSPS) is 10.6. The Morgan fingerprint density at radius 3 is 2.59 bits per heavy atom. The van der Waals surface area contributed by atoms with E-state index in [2.05, 4.69) is 37.9 Å². The SMILES string of the molecule is CCCCN(C)c1cc(CCl)cc(CCC)n1. The van der Waals surface area contributed by atoms with Gasteiger partial charge in [0.05, 0.1) is 0 Å². The number of aryl methyl sites for hydroxylation is 1. The number of halogens is 1. The van der Waals surface area contributed by atoms with Gasteiger partial charge in [0.1, 0.15) is 5.82 Å². The number of nitrogens with zero attached hydrogens (tertiary/aromatic N) is 2. The largest absolute Gasteiger partial charge is 0.360 e. The van der Waals surface area contributed by atoms with Crippen LogP contribution >= 0.6 is 11.6 Å². The third-order valence-electron chi connectivity index (χ3n) is 2.82. The van der Waals surface area contributed by atoms with Gasteiger partial charge >= 0.3 is 0 Å². The summed E-state index contributed by atoms with van der Waals surface area (Å²) in [6, 6.07) is 4.22. The molecule has 1 aromatic rings. The third-order valence-corrected chi connectivity index (χ3v) is 3.13. The van der Waals surface area contributed by atoms with E-state index >= 15 is 0 Å². The van der Waals surface area contributed by atoms with Gasteiger partial charge < -0.3 is 4.90 Å². The number of anilines is 1. The molecule has 0 bridgehead atoms. The molecule has 0 unspecified atom stereocenters. The quantitative estimate of drug-likeness (QED) is 0.684. The summed E-state index contributed by atoms with van der Waals surface area (Å²) in [4.78, 5) is 6.91. The molecule has 0 saturated carbocycles. The van der Waals surface area contributed by atoms with Gasteiger partial charge in [0.25, 0.3) is 0 Å². The second kappa shape index (κ2) is 7.54. The van der Waals surface area contributed by atoms with Crippen LogP contribution in [0.25, 0.3) is 0 Å². The Bertz CT molecular complexity index is 339. The van der Waals surface area contributed by atoms with Gasteiger partial charge in [-0.05, 0) is 30.5 Å². The molecular weight excluding hydrogens is 232 g/mol. The summed E-state index contributed by atoms with van der Waals surface area (Å²) in [5.74, 6) is 1.62. The van der Waals surface area contributed by atoms with Crippen molar-refractivity contribution in [2.75, 3.05) is 18.5 Å². The minimum Gasteiger partial charge on any atom is -0.360 e. The van der Waals surface area contributed by atoms with E-state index in [0.29, 0.717) is 5.88 Å². The van der Waals surface area contributed by atoms with Crippen molar-refractivity contribution < 1.29 is 0 Å². The smallest absolute Gasteiger partial charge is 0.128 e. The van der Waals surface area contributed by atoms with E-state index in [1.807, 2.05) is 0 Å². The fourth-order valence-corrected chi connectivity index (χ4v) is 1.95. The Morgan fingerprint density at radius 1 is 1.24 bits per heavy atom. The van der Waals surface area contributed by atoms with Crippen LogP contribution in [0, 0.1) is 0 Å². The number of aromatic nitrogens is 1. The molecule has 0 N–H and O–H groups in total. The van der Waals surface area contributed by atoms with E-state index < -0.39 is 0 Å². The topological polar surface area (TPSA) is 16.1 Å². The first-order valence-electron chi connectivity index (χ1n) is 6.48. The number of hydrogen-bond donors (Lipinski definition) is 0. The van der Waals surface area contributed by atoms with Crippen LogP contribution in [0.5, 0.6) is 0 Å². The fourth-order valence-electron chi connectivity index (χ4n) is 1.80. The van der Waals surface area contributed by atoms with E-state index in [-0.39, 0.29) is 0 Å². The molecule has 1 heterocycles. The zero-order valence-corrected chi connectivity index (χ0v) is 11.9. The minimum absolute atomic E-state index is 0.563. The number of rotatable bonds is 7.